The molecule has 0 bridgehead atoms. The van der Waals surface area contributed by atoms with Crippen molar-refractivity contribution in [1.82, 2.24) is 0 Å². The number of nitrogens with zero attached hydrogens (tertiary/aromatic N) is 1. The van der Waals surface area contributed by atoms with E-state index in [2.05, 4.69) is 5.32 Å². The fourth-order valence-corrected chi connectivity index (χ4v) is 2.96. The molecule has 1 N–H and O–H groups in total. The van der Waals surface area contributed by atoms with Gasteiger partial charge in [0.2, 0.25) is 11.8 Å². The van der Waals surface area contributed by atoms with Gasteiger partial charge in [-0.05, 0) is 48.9 Å². The van der Waals surface area contributed by atoms with Crippen LogP contribution in [0.4, 0.5) is 11.4 Å². The quantitative estimate of drug-likeness (QED) is 0.884. The molecule has 3 rings (SSSR count). The van der Waals surface area contributed by atoms with Crippen molar-refractivity contribution in [1.29, 1.82) is 0 Å². The maximum atomic E-state index is 12.4. The summed E-state index contributed by atoms with van der Waals surface area (Å²) >= 11 is 12.0. The van der Waals surface area contributed by atoms with Gasteiger partial charge in [0.15, 0.2) is 0 Å². The van der Waals surface area contributed by atoms with Gasteiger partial charge in [-0.25, -0.2) is 0 Å². The molecule has 1 saturated heterocycles. The Morgan fingerprint density at radius 2 is 1.88 bits per heavy atom. The zero-order valence-electron chi connectivity index (χ0n) is 13.1. The third-order valence-corrected chi connectivity index (χ3v) is 4.73. The average Bonchev–Trinajstić information content (AvgIpc) is 2.94. The number of anilines is 2. The minimum atomic E-state index is -0.395. The molecule has 1 heterocycles. The second-order valence-corrected chi connectivity index (χ2v) is 6.68. The molecule has 0 saturated carbocycles. The number of amides is 2. The minimum absolute atomic E-state index is 0.0776. The highest BCUT2D eigenvalue weighted by Crippen LogP contribution is 2.29. The Balaban J connectivity index is 1.70. The van der Waals surface area contributed by atoms with E-state index in [1.807, 2.05) is 19.1 Å². The van der Waals surface area contributed by atoms with E-state index >= 15 is 0 Å². The van der Waals surface area contributed by atoms with Gasteiger partial charge in [-0.2, -0.15) is 0 Å². The van der Waals surface area contributed by atoms with Crippen LogP contribution < -0.4 is 10.2 Å². The summed E-state index contributed by atoms with van der Waals surface area (Å²) in [6, 6.07) is 12.3. The smallest absolute Gasteiger partial charge is 0.229 e. The van der Waals surface area contributed by atoms with Crippen LogP contribution in [-0.4, -0.2) is 18.4 Å². The van der Waals surface area contributed by atoms with Crippen molar-refractivity contribution in [3.8, 4) is 0 Å². The van der Waals surface area contributed by atoms with Crippen molar-refractivity contribution in [2.75, 3.05) is 16.8 Å². The average molecular weight is 363 g/mol. The zero-order chi connectivity index (χ0) is 17.3. The Labute approximate surface area is 150 Å². The van der Waals surface area contributed by atoms with Gasteiger partial charge in [-0.3, -0.25) is 9.59 Å². The summed E-state index contributed by atoms with van der Waals surface area (Å²) < 4.78 is 0. The maximum Gasteiger partial charge on any atom is 0.229 e. The molecule has 1 unspecified atom stereocenters. The van der Waals surface area contributed by atoms with E-state index < -0.39 is 5.92 Å². The number of benzene rings is 2. The number of aryl methyl sites for hydroxylation is 1. The van der Waals surface area contributed by atoms with E-state index in [0.29, 0.717) is 22.3 Å². The van der Waals surface area contributed by atoms with Crippen LogP contribution in [-0.2, 0) is 9.59 Å². The summed E-state index contributed by atoms with van der Waals surface area (Å²) in [5, 5.41) is 4.03. The Kier molecular flexibility index (Phi) is 4.78. The largest absolute Gasteiger partial charge is 0.326 e. The highest BCUT2D eigenvalue weighted by Gasteiger charge is 2.35. The summed E-state index contributed by atoms with van der Waals surface area (Å²) in [5.74, 6) is -0.647. The zero-order valence-corrected chi connectivity index (χ0v) is 14.6. The first-order chi connectivity index (χ1) is 11.4. The van der Waals surface area contributed by atoms with E-state index in [-0.39, 0.29) is 18.2 Å². The van der Waals surface area contributed by atoms with Crippen molar-refractivity contribution in [3.05, 3.63) is 58.1 Å². The fraction of sp³-hybridized carbons (Fsp3) is 0.222. The molecule has 24 heavy (non-hydrogen) atoms. The number of carbonyl (C=O) groups is 2. The Bertz CT molecular complexity index is 790. The lowest BCUT2D eigenvalue weighted by atomic mass is 10.1. The highest BCUT2D eigenvalue weighted by atomic mass is 35.5. The van der Waals surface area contributed by atoms with Gasteiger partial charge in [0.1, 0.15) is 0 Å². The number of nitrogens with one attached hydrogen (secondary N) is 1. The SMILES string of the molecule is Cc1ccc(N2CC(C(=O)Nc3ccc(Cl)cc3)CC2=O)cc1Cl. The van der Waals surface area contributed by atoms with Crippen LogP contribution in [0, 0.1) is 12.8 Å². The lowest BCUT2D eigenvalue weighted by Crippen LogP contribution is -2.28. The molecule has 0 radical (unpaired) electrons. The van der Waals surface area contributed by atoms with Crippen LogP contribution in [0.3, 0.4) is 0 Å². The van der Waals surface area contributed by atoms with Gasteiger partial charge in [0, 0.05) is 34.4 Å². The topological polar surface area (TPSA) is 49.4 Å². The van der Waals surface area contributed by atoms with E-state index in [1.54, 1.807) is 35.2 Å². The minimum Gasteiger partial charge on any atom is -0.326 e. The van der Waals surface area contributed by atoms with Crippen LogP contribution in [0.2, 0.25) is 10.0 Å². The Morgan fingerprint density at radius 3 is 2.54 bits per heavy atom. The summed E-state index contributed by atoms with van der Waals surface area (Å²) in [7, 11) is 0. The number of rotatable bonds is 3. The van der Waals surface area contributed by atoms with Crippen molar-refractivity contribution in [2.45, 2.75) is 13.3 Å². The van der Waals surface area contributed by atoms with Crippen LogP contribution >= 0.6 is 23.2 Å². The monoisotopic (exact) mass is 362 g/mol. The van der Waals surface area contributed by atoms with Gasteiger partial charge in [0.05, 0.1) is 5.92 Å². The molecule has 2 aromatic rings. The maximum absolute atomic E-state index is 12.4. The van der Waals surface area contributed by atoms with Crippen molar-refractivity contribution in [2.24, 2.45) is 5.92 Å². The molecular weight excluding hydrogens is 347 g/mol. The van der Waals surface area contributed by atoms with Crippen LogP contribution in [0.15, 0.2) is 42.5 Å². The van der Waals surface area contributed by atoms with E-state index in [4.69, 9.17) is 23.2 Å². The van der Waals surface area contributed by atoms with Crippen molar-refractivity contribution in [3.63, 3.8) is 0 Å². The molecule has 2 aromatic carbocycles. The number of hydrogen-bond acceptors (Lipinski definition) is 2. The first kappa shape index (κ1) is 16.8. The molecule has 1 aliphatic heterocycles. The van der Waals surface area contributed by atoms with Crippen molar-refractivity contribution < 1.29 is 9.59 Å². The summed E-state index contributed by atoms with van der Waals surface area (Å²) in [6.07, 6.45) is 0.185. The molecule has 6 heteroatoms. The molecule has 124 valence electrons. The summed E-state index contributed by atoms with van der Waals surface area (Å²) in [4.78, 5) is 26.3. The number of hydrogen-bond donors (Lipinski definition) is 1. The first-order valence-electron chi connectivity index (χ1n) is 7.57. The predicted octanol–water partition coefficient (Wildman–Crippen LogP) is 4.29. The lowest BCUT2D eigenvalue weighted by Gasteiger charge is -2.17. The highest BCUT2D eigenvalue weighted by molar-refractivity contribution is 6.31. The predicted molar refractivity (Wildman–Crippen MR) is 96.7 cm³/mol. The summed E-state index contributed by atoms with van der Waals surface area (Å²) in [6.45, 7) is 2.25. The third kappa shape index (κ3) is 3.55. The van der Waals surface area contributed by atoms with Gasteiger partial charge in [-0.15, -0.1) is 0 Å². The molecule has 4 nitrogen and oxygen atoms in total. The Hall–Kier alpha value is -2.04. The van der Waals surface area contributed by atoms with Gasteiger partial charge in [0.25, 0.3) is 0 Å². The van der Waals surface area contributed by atoms with Crippen LogP contribution in [0.5, 0.6) is 0 Å². The summed E-state index contributed by atoms with van der Waals surface area (Å²) in [5.41, 5.74) is 2.33. The van der Waals surface area contributed by atoms with E-state index in [1.165, 1.54) is 0 Å². The molecule has 0 aliphatic carbocycles. The normalized spacial score (nSPS) is 17.2. The number of halogens is 2. The molecule has 1 atom stereocenters. The van der Waals surface area contributed by atoms with Gasteiger partial charge in [-0.1, -0.05) is 29.3 Å². The van der Waals surface area contributed by atoms with Crippen LogP contribution in [0.1, 0.15) is 12.0 Å². The molecule has 1 fully saturated rings. The first-order valence-corrected chi connectivity index (χ1v) is 8.32. The van der Waals surface area contributed by atoms with Gasteiger partial charge >= 0.3 is 0 Å². The lowest BCUT2D eigenvalue weighted by molar-refractivity contribution is -0.122. The second-order valence-electron chi connectivity index (χ2n) is 5.84. The Morgan fingerprint density at radius 1 is 1.17 bits per heavy atom. The van der Waals surface area contributed by atoms with E-state index in [0.717, 1.165) is 11.3 Å². The van der Waals surface area contributed by atoms with Crippen molar-refractivity contribution >= 4 is 46.4 Å². The standard InChI is InChI=1S/C18H16Cl2N2O2/c1-11-2-7-15(9-16(11)20)22-10-12(8-17(22)23)18(24)21-14-5-3-13(19)4-6-14/h2-7,9,12H,8,10H2,1H3,(H,21,24). The molecule has 0 aromatic heterocycles. The molecule has 0 spiro atoms. The fourth-order valence-electron chi connectivity index (χ4n) is 2.66. The van der Waals surface area contributed by atoms with Gasteiger partial charge < -0.3 is 10.2 Å². The van der Waals surface area contributed by atoms with E-state index in [9.17, 15) is 9.59 Å². The third-order valence-electron chi connectivity index (χ3n) is 4.07. The molecular formula is C18H16Cl2N2O2. The second kappa shape index (κ2) is 6.83. The molecule has 2 amide bonds. The van der Waals surface area contributed by atoms with Crippen LogP contribution in [0.25, 0.3) is 0 Å². The number of carbonyl (C=O) groups excluding carboxylic acids is 2. The molecule has 1 aliphatic rings.